The number of hydrogen-bond acceptors (Lipinski definition) is 5. The number of aromatic nitrogens is 4. The molecule has 4 heterocycles. The predicted octanol–water partition coefficient (Wildman–Crippen LogP) is 3.31. The number of likely N-dealkylation sites (tertiary alicyclic amines) is 1. The average molecular weight is 353 g/mol. The van der Waals surface area contributed by atoms with Crippen LogP contribution in [0.3, 0.4) is 0 Å². The Labute approximate surface area is 152 Å². The van der Waals surface area contributed by atoms with E-state index in [0.717, 1.165) is 36.7 Å². The molecule has 1 saturated heterocycles. The Morgan fingerprint density at radius 1 is 1.24 bits per heavy atom. The molecule has 0 aromatic carbocycles. The molecule has 130 valence electrons. The van der Waals surface area contributed by atoms with E-state index in [0.29, 0.717) is 5.92 Å². The Morgan fingerprint density at radius 2 is 2.16 bits per heavy atom. The molecule has 1 aliphatic rings. The molecule has 1 fully saturated rings. The van der Waals surface area contributed by atoms with Gasteiger partial charge in [0.25, 0.3) is 0 Å². The van der Waals surface area contributed by atoms with E-state index in [2.05, 4.69) is 38.2 Å². The van der Waals surface area contributed by atoms with Crippen LogP contribution in [0.4, 0.5) is 0 Å². The van der Waals surface area contributed by atoms with Crippen LogP contribution in [0.5, 0.6) is 0 Å². The molecule has 0 saturated carbocycles. The maximum absolute atomic E-state index is 4.62. The van der Waals surface area contributed by atoms with Gasteiger partial charge in [-0.3, -0.25) is 9.88 Å². The molecule has 1 atom stereocenters. The smallest absolute Gasteiger partial charge is 0.159 e. The molecule has 25 heavy (non-hydrogen) atoms. The van der Waals surface area contributed by atoms with Crippen molar-refractivity contribution in [2.75, 3.05) is 13.1 Å². The number of hydrogen-bond donors (Lipinski definition) is 0. The number of thiophene rings is 1. The summed E-state index contributed by atoms with van der Waals surface area (Å²) in [6.07, 6.45) is 9.72. The molecule has 0 aliphatic carbocycles. The van der Waals surface area contributed by atoms with E-state index in [1.54, 1.807) is 6.20 Å². The Kier molecular flexibility index (Phi) is 4.63. The minimum Gasteiger partial charge on any atom is -0.333 e. The maximum Gasteiger partial charge on any atom is 0.159 e. The Morgan fingerprint density at radius 3 is 2.84 bits per heavy atom. The molecule has 6 heteroatoms. The highest BCUT2D eigenvalue weighted by atomic mass is 32.1. The zero-order chi connectivity index (χ0) is 17.2. The van der Waals surface area contributed by atoms with Crippen molar-refractivity contribution in [3.05, 3.63) is 52.4 Å². The summed E-state index contributed by atoms with van der Waals surface area (Å²) in [6.45, 7) is 5.63. The molecule has 0 N–H and O–H groups in total. The third kappa shape index (κ3) is 3.65. The van der Waals surface area contributed by atoms with Crippen LogP contribution in [-0.2, 0) is 20.0 Å². The number of rotatable bonds is 5. The second-order valence-electron chi connectivity index (χ2n) is 6.88. The SMILES string of the molecule is Cc1ccsc1CN1CC[C@H](Cc2cnc(-c3nccn3C)cn2)C1. The monoisotopic (exact) mass is 353 g/mol. The van der Waals surface area contributed by atoms with Crippen LogP contribution in [-0.4, -0.2) is 37.5 Å². The number of imidazole rings is 1. The summed E-state index contributed by atoms with van der Waals surface area (Å²) < 4.78 is 1.96. The fourth-order valence-electron chi connectivity index (χ4n) is 3.48. The topological polar surface area (TPSA) is 46.8 Å². The van der Waals surface area contributed by atoms with Gasteiger partial charge in [-0.05, 0) is 49.2 Å². The predicted molar refractivity (Wildman–Crippen MR) is 100 cm³/mol. The van der Waals surface area contributed by atoms with Crippen molar-refractivity contribution in [3.63, 3.8) is 0 Å². The largest absolute Gasteiger partial charge is 0.333 e. The van der Waals surface area contributed by atoms with Crippen LogP contribution >= 0.6 is 11.3 Å². The van der Waals surface area contributed by atoms with E-state index in [1.165, 1.54) is 23.4 Å². The molecular formula is C19H23N5S. The molecule has 0 spiro atoms. The number of aryl methyl sites for hydroxylation is 2. The van der Waals surface area contributed by atoms with Crippen molar-refractivity contribution in [1.82, 2.24) is 24.4 Å². The molecule has 0 unspecified atom stereocenters. The fraction of sp³-hybridized carbons (Fsp3) is 0.421. The van der Waals surface area contributed by atoms with E-state index in [-0.39, 0.29) is 0 Å². The summed E-state index contributed by atoms with van der Waals surface area (Å²) in [5.41, 5.74) is 3.33. The lowest BCUT2D eigenvalue weighted by molar-refractivity contribution is 0.318. The lowest BCUT2D eigenvalue weighted by Gasteiger charge is -2.15. The van der Waals surface area contributed by atoms with Crippen molar-refractivity contribution in [1.29, 1.82) is 0 Å². The van der Waals surface area contributed by atoms with Gasteiger partial charge in [0.1, 0.15) is 5.69 Å². The van der Waals surface area contributed by atoms with Gasteiger partial charge in [0, 0.05) is 43.6 Å². The second kappa shape index (κ2) is 7.06. The molecule has 1 aliphatic heterocycles. The summed E-state index contributed by atoms with van der Waals surface area (Å²) in [7, 11) is 1.97. The minimum atomic E-state index is 0.675. The van der Waals surface area contributed by atoms with Gasteiger partial charge < -0.3 is 4.57 Å². The van der Waals surface area contributed by atoms with Crippen LogP contribution in [0.1, 0.15) is 22.6 Å². The van der Waals surface area contributed by atoms with Crippen molar-refractivity contribution in [2.24, 2.45) is 13.0 Å². The molecule has 4 rings (SSSR count). The quantitative estimate of drug-likeness (QED) is 0.706. The van der Waals surface area contributed by atoms with Gasteiger partial charge in [-0.2, -0.15) is 0 Å². The molecular weight excluding hydrogens is 330 g/mol. The summed E-state index contributed by atoms with van der Waals surface area (Å²) in [5, 5.41) is 2.19. The lowest BCUT2D eigenvalue weighted by atomic mass is 10.0. The van der Waals surface area contributed by atoms with Gasteiger partial charge in [0.05, 0.1) is 11.9 Å². The van der Waals surface area contributed by atoms with Gasteiger partial charge in [-0.1, -0.05) is 0 Å². The summed E-state index contributed by atoms with van der Waals surface area (Å²) in [6, 6.07) is 2.21. The van der Waals surface area contributed by atoms with Gasteiger partial charge >= 0.3 is 0 Å². The molecule has 0 radical (unpaired) electrons. The van der Waals surface area contributed by atoms with Crippen LogP contribution in [0.2, 0.25) is 0 Å². The van der Waals surface area contributed by atoms with Gasteiger partial charge in [-0.25, -0.2) is 9.97 Å². The molecule has 3 aromatic rings. The highest BCUT2D eigenvalue weighted by Crippen LogP contribution is 2.25. The van der Waals surface area contributed by atoms with E-state index in [4.69, 9.17) is 0 Å². The maximum atomic E-state index is 4.62. The van der Waals surface area contributed by atoms with E-state index < -0.39 is 0 Å². The van der Waals surface area contributed by atoms with E-state index in [1.807, 2.05) is 41.5 Å². The van der Waals surface area contributed by atoms with Crippen LogP contribution < -0.4 is 0 Å². The van der Waals surface area contributed by atoms with Gasteiger partial charge in [-0.15, -0.1) is 11.3 Å². The zero-order valence-electron chi connectivity index (χ0n) is 14.7. The Bertz CT molecular complexity index is 836. The second-order valence-corrected chi connectivity index (χ2v) is 7.88. The summed E-state index contributed by atoms with van der Waals surface area (Å²) in [4.78, 5) is 17.6. The zero-order valence-corrected chi connectivity index (χ0v) is 15.5. The summed E-state index contributed by atoms with van der Waals surface area (Å²) >= 11 is 1.87. The first kappa shape index (κ1) is 16.4. The first-order valence-corrected chi connectivity index (χ1v) is 9.61. The van der Waals surface area contributed by atoms with Crippen LogP contribution in [0.15, 0.2) is 36.2 Å². The molecule has 0 bridgehead atoms. The molecule has 5 nitrogen and oxygen atoms in total. The highest BCUT2D eigenvalue weighted by Gasteiger charge is 2.24. The first-order chi connectivity index (χ1) is 12.2. The van der Waals surface area contributed by atoms with Crippen molar-refractivity contribution in [2.45, 2.75) is 26.3 Å². The van der Waals surface area contributed by atoms with Gasteiger partial charge in [0.2, 0.25) is 0 Å². The third-order valence-electron chi connectivity index (χ3n) is 4.96. The minimum absolute atomic E-state index is 0.675. The van der Waals surface area contributed by atoms with Crippen LogP contribution in [0.25, 0.3) is 11.5 Å². The van der Waals surface area contributed by atoms with Gasteiger partial charge in [0.15, 0.2) is 5.82 Å². The van der Waals surface area contributed by atoms with E-state index >= 15 is 0 Å². The van der Waals surface area contributed by atoms with Crippen molar-refractivity contribution in [3.8, 4) is 11.5 Å². The highest BCUT2D eigenvalue weighted by molar-refractivity contribution is 7.10. The Balaban J connectivity index is 1.35. The molecule has 0 amide bonds. The third-order valence-corrected chi connectivity index (χ3v) is 5.97. The Hall–Kier alpha value is -2.05. The van der Waals surface area contributed by atoms with Crippen molar-refractivity contribution < 1.29 is 0 Å². The fourth-order valence-corrected chi connectivity index (χ4v) is 4.42. The van der Waals surface area contributed by atoms with Crippen molar-refractivity contribution >= 4 is 11.3 Å². The normalized spacial score (nSPS) is 18.1. The average Bonchev–Trinajstić information content (AvgIpc) is 3.32. The number of nitrogens with zero attached hydrogens (tertiary/aromatic N) is 5. The molecule has 3 aromatic heterocycles. The van der Waals surface area contributed by atoms with Crippen LogP contribution in [0, 0.1) is 12.8 Å². The first-order valence-electron chi connectivity index (χ1n) is 8.73. The lowest BCUT2D eigenvalue weighted by Crippen LogP contribution is -2.20. The van der Waals surface area contributed by atoms with E-state index in [9.17, 15) is 0 Å². The summed E-state index contributed by atoms with van der Waals surface area (Å²) in [5.74, 6) is 1.53. The standard InChI is InChI=1S/C19H23N5S/c1-14-4-8-25-18(14)13-24-6-3-15(12-24)9-16-10-22-17(11-21-16)19-20-5-7-23(19)2/h4-5,7-8,10-11,15H,3,6,9,12-13H2,1-2H3/t15-/m1/s1.